The van der Waals surface area contributed by atoms with Crippen molar-refractivity contribution in [2.75, 3.05) is 0 Å². The number of benzene rings is 9. The number of para-hydroxylation sites is 1. The summed E-state index contributed by atoms with van der Waals surface area (Å²) in [5.41, 5.74) is 24.4. The molecular weight excluding hydrogens is 771 g/mol. The van der Waals surface area contributed by atoms with E-state index in [0.29, 0.717) is 5.92 Å². The lowest BCUT2D eigenvalue weighted by atomic mass is 9.76. The van der Waals surface area contributed by atoms with Crippen molar-refractivity contribution in [3.8, 4) is 72.4 Å². The van der Waals surface area contributed by atoms with Crippen LogP contribution in [0.5, 0.6) is 0 Å². The van der Waals surface area contributed by atoms with Gasteiger partial charge in [0.25, 0.3) is 0 Å². The number of nitrogens with zero attached hydrogens (tertiary/aromatic N) is 1. The molecule has 0 saturated heterocycles. The van der Waals surface area contributed by atoms with Gasteiger partial charge in [-0.2, -0.15) is 0 Å². The molecule has 0 spiro atoms. The Morgan fingerprint density at radius 1 is 0.422 bits per heavy atom. The van der Waals surface area contributed by atoms with Gasteiger partial charge in [-0.3, -0.25) is 0 Å². The Morgan fingerprint density at radius 3 is 1.69 bits per heavy atom. The Kier molecular flexibility index (Phi) is 9.60. The van der Waals surface area contributed by atoms with Crippen LogP contribution >= 0.6 is 0 Å². The molecule has 1 nitrogen and oxygen atoms in total. The first-order chi connectivity index (χ1) is 31.7. The molecule has 0 amide bonds. The fourth-order valence-corrected chi connectivity index (χ4v) is 10.6. The van der Waals surface area contributed by atoms with E-state index in [0.717, 1.165) is 25.7 Å². The maximum Gasteiger partial charge on any atom is 0.0537 e. The Balaban J connectivity index is 0.946. The lowest BCUT2D eigenvalue weighted by Crippen LogP contribution is -2.13. The largest absolute Gasteiger partial charge is 0.310 e. The van der Waals surface area contributed by atoms with E-state index in [1.807, 2.05) is 0 Å². The lowest BCUT2D eigenvalue weighted by Gasteiger charge is -2.28. The highest BCUT2D eigenvalue weighted by Gasteiger charge is 2.25. The maximum absolute atomic E-state index is 2.44. The van der Waals surface area contributed by atoms with E-state index in [-0.39, 0.29) is 0 Å². The summed E-state index contributed by atoms with van der Waals surface area (Å²) in [4.78, 5) is 0. The van der Waals surface area contributed by atoms with Crippen molar-refractivity contribution in [2.45, 2.75) is 31.6 Å². The average molecular weight is 818 g/mol. The normalized spacial score (nSPS) is 13.9. The monoisotopic (exact) mass is 817 g/mol. The van der Waals surface area contributed by atoms with Gasteiger partial charge in [-0.1, -0.05) is 194 Å². The lowest BCUT2D eigenvalue weighted by molar-refractivity contribution is 0.673. The van der Waals surface area contributed by atoms with E-state index in [1.54, 1.807) is 0 Å². The summed E-state index contributed by atoms with van der Waals surface area (Å²) in [6.07, 6.45) is 8.86. The molecule has 0 radical (unpaired) electrons. The first kappa shape index (κ1) is 38.0. The van der Waals surface area contributed by atoms with Crippen molar-refractivity contribution in [3.63, 3.8) is 0 Å². The molecule has 10 aromatic rings. The molecule has 1 heterocycles. The van der Waals surface area contributed by atoms with Crippen LogP contribution in [0.3, 0.4) is 0 Å². The van der Waals surface area contributed by atoms with Crippen LogP contribution in [0.1, 0.15) is 40.3 Å². The fraction of sp³-hybridized carbons (Fsp3) is 0.0794. The standard InChI is InChI=1S/C63H47N/c1-3-15-44(16-4-1)55-37-33-48(41-60(55)45-17-5-2-6-18-45)49-34-38-56(46-31-35-52(36-32-46)64-62-25-13-11-23-58(62)59-24-12-14-26-63(59)64)61(42-49)47-29-27-43(28-30-47)39-51-40-50-19-7-8-20-53(50)57-22-10-9-21-54(51)57/h1-11,13-23,25-38,41-42,51H,12,24,39-40H2. The van der Waals surface area contributed by atoms with Crippen LogP contribution in [0.15, 0.2) is 224 Å². The molecule has 0 fully saturated rings. The Hall–Kier alpha value is -7.74. The molecule has 304 valence electrons. The summed E-state index contributed by atoms with van der Waals surface area (Å²) in [6.45, 7) is 0. The summed E-state index contributed by atoms with van der Waals surface area (Å²) in [6, 6.07) is 81.1. The Bertz CT molecular complexity index is 3350. The molecule has 0 bridgehead atoms. The molecule has 0 saturated carbocycles. The van der Waals surface area contributed by atoms with Gasteiger partial charge in [0.1, 0.15) is 0 Å². The summed E-state index contributed by atoms with van der Waals surface area (Å²) in [5.74, 6) is 0.436. The smallest absolute Gasteiger partial charge is 0.0537 e. The summed E-state index contributed by atoms with van der Waals surface area (Å²) in [7, 11) is 0. The molecular formula is C63H47N. The highest BCUT2D eigenvalue weighted by atomic mass is 15.0. The van der Waals surface area contributed by atoms with Crippen LogP contribution in [0.2, 0.25) is 0 Å². The second kappa shape index (κ2) is 16.2. The highest BCUT2D eigenvalue weighted by molar-refractivity contribution is 5.93. The SMILES string of the molecule is C1=Cc2c(c3ccccc3n2-c2ccc(-c3ccc(-c4ccc(-c5ccccc5)c(-c5ccccc5)c4)cc3-c3ccc(CC4Cc5ccccc5-c5ccccc54)cc3)cc2)CC1. The van der Waals surface area contributed by atoms with Crippen molar-refractivity contribution >= 4 is 17.0 Å². The third kappa shape index (κ3) is 6.82. The van der Waals surface area contributed by atoms with Gasteiger partial charge in [0.2, 0.25) is 0 Å². The van der Waals surface area contributed by atoms with E-state index in [2.05, 4.69) is 235 Å². The average Bonchev–Trinajstić information content (AvgIpc) is 3.71. The second-order valence-corrected chi connectivity index (χ2v) is 17.5. The van der Waals surface area contributed by atoms with Crippen molar-refractivity contribution in [1.82, 2.24) is 4.57 Å². The van der Waals surface area contributed by atoms with E-state index in [9.17, 15) is 0 Å². The molecule has 2 aliphatic rings. The van der Waals surface area contributed by atoms with Crippen molar-refractivity contribution in [2.24, 2.45) is 0 Å². The molecule has 9 aromatic carbocycles. The van der Waals surface area contributed by atoms with E-state index < -0.39 is 0 Å². The molecule has 0 N–H and O–H groups in total. The van der Waals surface area contributed by atoms with E-state index >= 15 is 0 Å². The first-order valence-corrected chi connectivity index (χ1v) is 22.8. The van der Waals surface area contributed by atoms with Gasteiger partial charge in [-0.05, 0) is 157 Å². The Labute approximate surface area is 376 Å². The molecule has 64 heavy (non-hydrogen) atoms. The second-order valence-electron chi connectivity index (χ2n) is 17.5. The quantitative estimate of drug-likeness (QED) is 0.144. The zero-order chi connectivity index (χ0) is 42.4. The Morgan fingerprint density at radius 2 is 0.969 bits per heavy atom. The minimum atomic E-state index is 0.436. The van der Waals surface area contributed by atoms with Gasteiger partial charge in [-0.15, -0.1) is 0 Å². The van der Waals surface area contributed by atoms with Crippen LogP contribution in [-0.2, 0) is 19.3 Å². The van der Waals surface area contributed by atoms with Crippen LogP contribution < -0.4 is 0 Å². The number of fused-ring (bicyclic) bond motifs is 6. The predicted octanol–water partition coefficient (Wildman–Crippen LogP) is 16.5. The highest BCUT2D eigenvalue weighted by Crippen LogP contribution is 2.43. The van der Waals surface area contributed by atoms with E-state index in [1.165, 1.54) is 111 Å². The fourth-order valence-electron chi connectivity index (χ4n) is 10.6. The summed E-state index contributed by atoms with van der Waals surface area (Å²) in [5, 5.41) is 1.36. The van der Waals surface area contributed by atoms with Crippen molar-refractivity contribution in [1.29, 1.82) is 0 Å². The molecule has 1 unspecified atom stereocenters. The molecule has 1 atom stereocenters. The van der Waals surface area contributed by atoms with Crippen molar-refractivity contribution < 1.29 is 0 Å². The van der Waals surface area contributed by atoms with Gasteiger partial charge < -0.3 is 4.57 Å². The van der Waals surface area contributed by atoms with Gasteiger partial charge >= 0.3 is 0 Å². The summed E-state index contributed by atoms with van der Waals surface area (Å²) >= 11 is 0. The summed E-state index contributed by atoms with van der Waals surface area (Å²) < 4.78 is 2.44. The van der Waals surface area contributed by atoms with E-state index in [4.69, 9.17) is 0 Å². The topological polar surface area (TPSA) is 4.93 Å². The third-order valence-electron chi connectivity index (χ3n) is 13.8. The van der Waals surface area contributed by atoms with Gasteiger partial charge in [-0.25, -0.2) is 0 Å². The molecule has 1 aromatic heterocycles. The maximum atomic E-state index is 2.44. The van der Waals surface area contributed by atoms with Gasteiger partial charge in [0.15, 0.2) is 0 Å². The number of aryl methyl sites for hydroxylation is 1. The number of hydrogen-bond donors (Lipinski definition) is 0. The van der Waals surface area contributed by atoms with Gasteiger partial charge in [0, 0.05) is 16.8 Å². The van der Waals surface area contributed by atoms with Crippen LogP contribution in [-0.4, -0.2) is 4.57 Å². The minimum absolute atomic E-state index is 0.436. The molecule has 0 aliphatic heterocycles. The molecule has 12 rings (SSSR count). The minimum Gasteiger partial charge on any atom is -0.310 e. The predicted molar refractivity (Wildman–Crippen MR) is 270 cm³/mol. The zero-order valence-corrected chi connectivity index (χ0v) is 35.8. The van der Waals surface area contributed by atoms with Crippen LogP contribution in [0.25, 0.3) is 89.4 Å². The van der Waals surface area contributed by atoms with Crippen LogP contribution in [0, 0.1) is 0 Å². The number of rotatable bonds is 8. The zero-order valence-electron chi connectivity index (χ0n) is 35.8. The van der Waals surface area contributed by atoms with Crippen molar-refractivity contribution in [3.05, 3.63) is 252 Å². The number of hydrogen-bond acceptors (Lipinski definition) is 0. The number of aromatic nitrogens is 1. The first-order valence-electron chi connectivity index (χ1n) is 22.8. The van der Waals surface area contributed by atoms with Crippen LogP contribution in [0.4, 0.5) is 0 Å². The molecule has 2 aliphatic carbocycles. The van der Waals surface area contributed by atoms with Gasteiger partial charge in [0.05, 0.1) is 5.52 Å². The third-order valence-corrected chi connectivity index (χ3v) is 13.8. The number of allylic oxidation sites excluding steroid dienone is 1. The molecule has 1 heteroatoms.